The van der Waals surface area contributed by atoms with E-state index in [0.717, 1.165) is 0 Å². The molecule has 0 saturated heterocycles. The molecule has 1 rings (SSSR count). The molecule has 0 amide bonds. The van der Waals surface area contributed by atoms with Crippen molar-refractivity contribution in [3.63, 3.8) is 0 Å². The first kappa shape index (κ1) is 9.57. The summed E-state index contributed by atoms with van der Waals surface area (Å²) in [5.41, 5.74) is 5.43. The van der Waals surface area contributed by atoms with Gasteiger partial charge in [0.15, 0.2) is 0 Å². The zero-order chi connectivity index (χ0) is 9.84. The number of carbonyl (C=O) groups excluding carboxylic acids is 1. The first-order valence-corrected chi connectivity index (χ1v) is 4.07. The van der Waals surface area contributed by atoms with E-state index in [1.165, 1.54) is 11.8 Å². The molecule has 0 aliphatic carbocycles. The number of nitrogens with two attached hydrogens (primary N) is 1. The Bertz CT molecular complexity index is 295. The Morgan fingerprint density at radius 3 is 2.92 bits per heavy atom. The SMILES string of the molecule is CCC(C(=O)OC)n1ccc(N)n1. The van der Waals surface area contributed by atoms with Crippen LogP contribution in [0, 0.1) is 0 Å². The summed E-state index contributed by atoms with van der Waals surface area (Å²) >= 11 is 0. The van der Waals surface area contributed by atoms with Crippen molar-refractivity contribution in [1.82, 2.24) is 9.78 Å². The highest BCUT2D eigenvalue weighted by atomic mass is 16.5. The Labute approximate surface area is 76.5 Å². The standard InChI is InChI=1S/C8H13N3O2/c1-3-6(8(12)13-2)11-5-4-7(9)10-11/h4-6H,3H2,1-2H3,(H2,9,10). The highest BCUT2D eigenvalue weighted by molar-refractivity contribution is 5.73. The monoisotopic (exact) mass is 183 g/mol. The van der Waals surface area contributed by atoms with Gasteiger partial charge < -0.3 is 10.5 Å². The number of nitrogens with zero attached hydrogens (tertiary/aromatic N) is 2. The Morgan fingerprint density at radius 2 is 2.54 bits per heavy atom. The normalized spacial score (nSPS) is 12.5. The van der Waals surface area contributed by atoms with Gasteiger partial charge in [0.1, 0.15) is 11.9 Å². The van der Waals surface area contributed by atoms with Crippen molar-refractivity contribution in [1.29, 1.82) is 0 Å². The lowest BCUT2D eigenvalue weighted by Gasteiger charge is -2.12. The molecule has 13 heavy (non-hydrogen) atoms. The van der Waals surface area contributed by atoms with Crippen molar-refractivity contribution >= 4 is 11.8 Å². The number of hydrogen-bond acceptors (Lipinski definition) is 4. The van der Waals surface area contributed by atoms with Crippen LogP contribution in [-0.4, -0.2) is 22.9 Å². The predicted octanol–water partition coefficient (Wildman–Crippen LogP) is 0.589. The van der Waals surface area contributed by atoms with E-state index in [1.807, 2.05) is 6.92 Å². The lowest BCUT2D eigenvalue weighted by molar-refractivity contribution is -0.145. The van der Waals surface area contributed by atoms with Crippen LogP contribution < -0.4 is 5.73 Å². The van der Waals surface area contributed by atoms with Crippen LogP contribution in [0.15, 0.2) is 12.3 Å². The fourth-order valence-corrected chi connectivity index (χ4v) is 1.12. The third kappa shape index (κ3) is 1.99. The van der Waals surface area contributed by atoms with Gasteiger partial charge in [-0.1, -0.05) is 6.92 Å². The van der Waals surface area contributed by atoms with Crippen molar-refractivity contribution in [2.75, 3.05) is 12.8 Å². The van der Waals surface area contributed by atoms with Gasteiger partial charge in [0.25, 0.3) is 0 Å². The molecule has 5 heteroatoms. The molecule has 0 spiro atoms. The van der Waals surface area contributed by atoms with Gasteiger partial charge in [0, 0.05) is 6.20 Å². The molecule has 0 bridgehead atoms. The molecular weight excluding hydrogens is 170 g/mol. The molecule has 72 valence electrons. The quantitative estimate of drug-likeness (QED) is 0.696. The van der Waals surface area contributed by atoms with Crippen LogP contribution in [0.25, 0.3) is 0 Å². The van der Waals surface area contributed by atoms with E-state index in [4.69, 9.17) is 5.73 Å². The highest BCUT2D eigenvalue weighted by Crippen LogP contribution is 2.12. The average Bonchev–Trinajstić information content (AvgIpc) is 2.53. The van der Waals surface area contributed by atoms with Crippen molar-refractivity contribution in [3.05, 3.63) is 12.3 Å². The Kier molecular flexibility index (Phi) is 2.89. The van der Waals surface area contributed by atoms with Gasteiger partial charge in [-0.3, -0.25) is 4.68 Å². The van der Waals surface area contributed by atoms with Crippen molar-refractivity contribution < 1.29 is 9.53 Å². The molecule has 0 aliphatic heterocycles. The summed E-state index contributed by atoms with van der Waals surface area (Å²) in [4.78, 5) is 11.2. The summed E-state index contributed by atoms with van der Waals surface area (Å²) in [5.74, 6) is 0.105. The Balaban J connectivity index is 2.84. The third-order valence-electron chi connectivity index (χ3n) is 1.81. The van der Waals surface area contributed by atoms with Crippen LogP contribution in [0.2, 0.25) is 0 Å². The number of rotatable bonds is 3. The maximum Gasteiger partial charge on any atom is 0.330 e. The van der Waals surface area contributed by atoms with Crippen LogP contribution in [0.4, 0.5) is 5.82 Å². The van der Waals surface area contributed by atoms with Gasteiger partial charge in [0.05, 0.1) is 7.11 Å². The van der Waals surface area contributed by atoms with E-state index in [0.29, 0.717) is 12.2 Å². The van der Waals surface area contributed by atoms with Gasteiger partial charge in [-0.05, 0) is 12.5 Å². The number of hydrogen-bond donors (Lipinski definition) is 1. The van der Waals surface area contributed by atoms with E-state index < -0.39 is 0 Å². The molecule has 0 saturated carbocycles. The summed E-state index contributed by atoms with van der Waals surface area (Å²) in [7, 11) is 1.36. The van der Waals surface area contributed by atoms with Crippen molar-refractivity contribution in [2.24, 2.45) is 0 Å². The molecule has 2 N–H and O–H groups in total. The molecule has 0 radical (unpaired) electrons. The molecule has 1 aromatic heterocycles. The summed E-state index contributed by atoms with van der Waals surface area (Å²) in [6, 6.07) is 1.27. The molecule has 0 fully saturated rings. The third-order valence-corrected chi connectivity index (χ3v) is 1.81. The molecule has 0 aliphatic rings. The van der Waals surface area contributed by atoms with Crippen molar-refractivity contribution in [3.8, 4) is 0 Å². The number of nitrogen functional groups attached to an aromatic ring is 1. The summed E-state index contributed by atoms with van der Waals surface area (Å²) in [5, 5.41) is 3.94. The average molecular weight is 183 g/mol. The second-order valence-corrected chi connectivity index (χ2v) is 2.67. The van der Waals surface area contributed by atoms with Crippen LogP contribution in [0.3, 0.4) is 0 Å². The number of esters is 1. The summed E-state index contributed by atoms with van der Waals surface area (Å²) in [6.45, 7) is 1.89. The molecule has 1 atom stereocenters. The maximum absolute atomic E-state index is 11.2. The van der Waals surface area contributed by atoms with Gasteiger partial charge >= 0.3 is 5.97 Å². The first-order valence-electron chi connectivity index (χ1n) is 4.07. The predicted molar refractivity (Wildman–Crippen MR) is 48.0 cm³/mol. The number of aromatic nitrogens is 2. The summed E-state index contributed by atoms with van der Waals surface area (Å²) in [6.07, 6.45) is 2.30. The number of anilines is 1. The summed E-state index contributed by atoms with van der Waals surface area (Å²) < 4.78 is 6.14. The lowest BCUT2D eigenvalue weighted by atomic mass is 10.2. The number of ether oxygens (including phenoxy) is 1. The first-order chi connectivity index (χ1) is 6.19. The maximum atomic E-state index is 11.2. The molecule has 1 unspecified atom stereocenters. The molecular formula is C8H13N3O2. The van der Waals surface area contributed by atoms with Crippen LogP contribution in [0.5, 0.6) is 0 Å². The smallest absolute Gasteiger partial charge is 0.330 e. The molecule has 1 heterocycles. The van der Waals surface area contributed by atoms with Gasteiger partial charge in [-0.15, -0.1) is 0 Å². The van der Waals surface area contributed by atoms with E-state index in [2.05, 4.69) is 9.84 Å². The van der Waals surface area contributed by atoms with E-state index in [9.17, 15) is 4.79 Å². The van der Waals surface area contributed by atoms with Crippen LogP contribution in [-0.2, 0) is 9.53 Å². The van der Waals surface area contributed by atoms with Crippen LogP contribution in [0.1, 0.15) is 19.4 Å². The fraction of sp³-hybridized carbons (Fsp3) is 0.500. The topological polar surface area (TPSA) is 70.1 Å². The number of carbonyl (C=O) groups is 1. The van der Waals surface area contributed by atoms with Crippen molar-refractivity contribution in [2.45, 2.75) is 19.4 Å². The fourth-order valence-electron chi connectivity index (χ4n) is 1.12. The number of methoxy groups -OCH3 is 1. The second-order valence-electron chi connectivity index (χ2n) is 2.67. The molecule has 5 nitrogen and oxygen atoms in total. The minimum absolute atomic E-state index is 0.300. The van der Waals surface area contributed by atoms with Gasteiger partial charge in [-0.2, -0.15) is 5.10 Å². The second kappa shape index (κ2) is 3.93. The van der Waals surface area contributed by atoms with Gasteiger partial charge in [-0.25, -0.2) is 4.79 Å². The van der Waals surface area contributed by atoms with Gasteiger partial charge in [0.2, 0.25) is 0 Å². The van der Waals surface area contributed by atoms with E-state index in [1.54, 1.807) is 12.3 Å². The minimum atomic E-state index is -0.373. The highest BCUT2D eigenvalue weighted by Gasteiger charge is 2.19. The van der Waals surface area contributed by atoms with E-state index in [-0.39, 0.29) is 12.0 Å². The molecule has 1 aromatic rings. The van der Waals surface area contributed by atoms with Crippen LogP contribution >= 0.6 is 0 Å². The largest absolute Gasteiger partial charge is 0.467 e. The zero-order valence-electron chi connectivity index (χ0n) is 7.73. The lowest BCUT2D eigenvalue weighted by Crippen LogP contribution is -2.20. The Hall–Kier alpha value is -1.52. The minimum Gasteiger partial charge on any atom is -0.467 e. The zero-order valence-corrected chi connectivity index (χ0v) is 7.73. The molecule has 0 aromatic carbocycles. The van der Waals surface area contributed by atoms with E-state index >= 15 is 0 Å². The Morgan fingerprint density at radius 1 is 1.85 bits per heavy atom.